The third kappa shape index (κ3) is 4.33. The minimum absolute atomic E-state index is 0.0610. The molecule has 1 aliphatic rings. The van der Waals surface area contributed by atoms with E-state index in [-0.39, 0.29) is 19.1 Å². The Hall–Kier alpha value is -2.04. The highest BCUT2D eigenvalue weighted by atomic mass is 32.2. The predicted octanol–water partition coefficient (Wildman–Crippen LogP) is 1.43. The molecule has 0 radical (unpaired) electrons. The lowest BCUT2D eigenvalue weighted by molar-refractivity contribution is -0.126. The van der Waals surface area contributed by atoms with Gasteiger partial charge in [-0.2, -0.15) is 0 Å². The van der Waals surface area contributed by atoms with Crippen LogP contribution < -0.4 is 5.32 Å². The molecule has 0 spiro atoms. The number of carbonyl (C=O) groups is 3. The summed E-state index contributed by atoms with van der Waals surface area (Å²) in [5.41, 5.74) is 2.88. The fourth-order valence-electron chi connectivity index (χ4n) is 2.15. The summed E-state index contributed by atoms with van der Waals surface area (Å²) < 4.78 is 6.40. The van der Waals surface area contributed by atoms with Crippen LogP contribution in [0.2, 0.25) is 0 Å². The molecule has 2 amide bonds. The van der Waals surface area contributed by atoms with Crippen molar-refractivity contribution >= 4 is 67.6 Å². The van der Waals surface area contributed by atoms with Crippen LogP contribution in [0, 0.1) is 0 Å². The average Bonchev–Trinajstić information content (AvgIpc) is 3.20. The van der Waals surface area contributed by atoms with Crippen molar-refractivity contribution < 1.29 is 19.1 Å². The van der Waals surface area contributed by atoms with Gasteiger partial charge in [0.05, 0.1) is 27.0 Å². The third-order valence-corrected chi connectivity index (χ3v) is 5.62. The summed E-state index contributed by atoms with van der Waals surface area (Å²) in [6, 6.07) is 5.03. The standard InChI is InChI=1S/C15H13N3O4S3/c19-12(16-3-4-18-13(20)7-24-15(18)23)6-22-14(21)9-1-2-10-11(5-9)25-8-17-10/h1-2,5,8H,3-4,6-7H2,(H,16,19). The molecule has 7 nitrogen and oxygen atoms in total. The Morgan fingerprint density at radius 3 is 3.00 bits per heavy atom. The summed E-state index contributed by atoms with van der Waals surface area (Å²) in [5.74, 6) is -0.724. The minimum atomic E-state index is -0.572. The molecule has 0 bridgehead atoms. The maximum Gasteiger partial charge on any atom is 0.338 e. The number of nitrogens with zero attached hydrogens (tertiary/aromatic N) is 2. The zero-order valence-electron chi connectivity index (χ0n) is 12.9. The molecule has 1 aliphatic heterocycles. The zero-order chi connectivity index (χ0) is 17.8. The van der Waals surface area contributed by atoms with Crippen LogP contribution in [-0.2, 0) is 14.3 Å². The van der Waals surface area contributed by atoms with Gasteiger partial charge in [-0.25, -0.2) is 9.78 Å². The van der Waals surface area contributed by atoms with Gasteiger partial charge >= 0.3 is 5.97 Å². The van der Waals surface area contributed by atoms with Crippen molar-refractivity contribution in [3.8, 4) is 0 Å². The number of amides is 2. The van der Waals surface area contributed by atoms with Crippen molar-refractivity contribution in [3.63, 3.8) is 0 Å². The van der Waals surface area contributed by atoms with Crippen LogP contribution in [0.1, 0.15) is 10.4 Å². The maximum atomic E-state index is 12.0. The zero-order valence-corrected chi connectivity index (χ0v) is 15.3. The summed E-state index contributed by atoms with van der Waals surface area (Å²) in [4.78, 5) is 40.9. The predicted molar refractivity (Wildman–Crippen MR) is 99.7 cm³/mol. The molecule has 25 heavy (non-hydrogen) atoms. The largest absolute Gasteiger partial charge is 0.452 e. The number of hydrogen-bond acceptors (Lipinski definition) is 8. The number of benzene rings is 1. The number of fused-ring (bicyclic) bond motifs is 1. The Morgan fingerprint density at radius 2 is 2.24 bits per heavy atom. The minimum Gasteiger partial charge on any atom is -0.452 e. The van der Waals surface area contributed by atoms with E-state index in [1.165, 1.54) is 28.0 Å². The molecule has 1 aromatic heterocycles. The molecule has 1 fully saturated rings. The highest BCUT2D eigenvalue weighted by Gasteiger charge is 2.25. The number of nitrogens with one attached hydrogen (secondary N) is 1. The van der Waals surface area contributed by atoms with Crippen LogP contribution in [0.25, 0.3) is 10.2 Å². The molecule has 1 saturated heterocycles. The molecule has 3 rings (SSSR count). The number of thioether (sulfide) groups is 1. The van der Waals surface area contributed by atoms with Crippen molar-refractivity contribution in [1.82, 2.24) is 15.2 Å². The van der Waals surface area contributed by atoms with E-state index in [0.717, 1.165) is 10.2 Å². The fraction of sp³-hybridized carbons (Fsp3) is 0.267. The van der Waals surface area contributed by atoms with Gasteiger partial charge in [-0.15, -0.1) is 11.3 Å². The molecule has 0 atom stereocenters. The second-order valence-corrected chi connectivity index (χ2v) is 7.56. The van der Waals surface area contributed by atoms with E-state index < -0.39 is 11.9 Å². The second-order valence-electron chi connectivity index (χ2n) is 5.06. The Balaban J connectivity index is 1.43. The first-order chi connectivity index (χ1) is 12.0. The van der Waals surface area contributed by atoms with Gasteiger partial charge < -0.3 is 10.1 Å². The Kier molecular flexibility index (Phi) is 5.61. The van der Waals surface area contributed by atoms with Crippen molar-refractivity contribution in [2.45, 2.75) is 0 Å². The maximum absolute atomic E-state index is 12.0. The van der Waals surface area contributed by atoms with Gasteiger partial charge in [0.2, 0.25) is 5.91 Å². The monoisotopic (exact) mass is 395 g/mol. The van der Waals surface area contributed by atoms with Crippen LogP contribution in [0.4, 0.5) is 0 Å². The number of thiazole rings is 1. The quantitative estimate of drug-likeness (QED) is 0.585. The lowest BCUT2D eigenvalue weighted by Crippen LogP contribution is -2.38. The smallest absolute Gasteiger partial charge is 0.338 e. The molecule has 0 aliphatic carbocycles. The molecular weight excluding hydrogens is 382 g/mol. The van der Waals surface area contributed by atoms with Crippen molar-refractivity contribution in [2.24, 2.45) is 0 Å². The highest BCUT2D eigenvalue weighted by molar-refractivity contribution is 8.23. The van der Waals surface area contributed by atoms with Gasteiger partial charge in [0, 0.05) is 13.1 Å². The molecule has 2 aromatic rings. The van der Waals surface area contributed by atoms with Crippen LogP contribution >= 0.6 is 35.3 Å². The number of carbonyl (C=O) groups excluding carboxylic acids is 3. The first-order valence-corrected chi connectivity index (χ1v) is 9.56. The molecule has 1 N–H and O–H groups in total. The number of ether oxygens (including phenoxy) is 1. The number of thiocarbonyl (C=S) groups is 1. The molecule has 130 valence electrons. The summed E-state index contributed by atoms with van der Waals surface area (Å²) in [7, 11) is 0. The second kappa shape index (κ2) is 7.89. The van der Waals surface area contributed by atoms with E-state index in [1.807, 2.05) is 0 Å². The first-order valence-electron chi connectivity index (χ1n) is 7.29. The van der Waals surface area contributed by atoms with Crippen molar-refractivity contribution in [3.05, 3.63) is 29.3 Å². The summed E-state index contributed by atoms with van der Waals surface area (Å²) in [5, 5.41) is 2.60. The third-order valence-electron chi connectivity index (χ3n) is 3.40. The van der Waals surface area contributed by atoms with Gasteiger partial charge in [0.25, 0.3) is 5.91 Å². The van der Waals surface area contributed by atoms with Crippen molar-refractivity contribution in [2.75, 3.05) is 25.4 Å². The van der Waals surface area contributed by atoms with Crippen LogP contribution in [-0.4, -0.2) is 57.4 Å². The van der Waals surface area contributed by atoms with E-state index in [0.29, 0.717) is 22.2 Å². The van der Waals surface area contributed by atoms with Crippen molar-refractivity contribution in [1.29, 1.82) is 0 Å². The Bertz CT molecular complexity index is 835. The Labute approximate surface area is 156 Å². The summed E-state index contributed by atoms with van der Waals surface area (Å²) in [6.07, 6.45) is 0. The topological polar surface area (TPSA) is 88.6 Å². The molecular formula is C15H13N3O4S3. The molecule has 0 saturated carbocycles. The summed E-state index contributed by atoms with van der Waals surface area (Å²) >= 11 is 7.78. The fourth-order valence-corrected chi connectivity index (χ4v) is 3.99. The normalized spacial score (nSPS) is 14.2. The molecule has 10 heteroatoms. The van der Waals surface area contributed by atoms with E-state index in [2.05, 4.69) is 10.3 Å². The van der Waals surface area contributed by atoms with Crippen LogP contribution in [0.15, 0.2) is 23.7 Å². The first kappa shape index (κ1) is 17.8. The van der Waals surface area contributed by atoms with Crippen LogP contribution in [0.5, 0.6) is 0 Å². The number of rotatable bonds is 6. The SMILES string of the molecule is O=C(COC(=O)c1ccc2ncsc2c1)NCCN1C(=O)CSC1=S. The van der Waals surface area contributed by atoms with Gasteiger partial charge in [0.15, 0.2) is 6.61 Å². The number of hydrogen-bond donors (Lipinski definition) is 1. The van der Waals surface area contributed by atoms with E-state index in [4.69, 9.17) is 17.0 Å². The highest BCUT2D eigenvalue weighted by Crippen LogP contribution is 2.19. The average molecular weight is 395 g/mol. The van der Waals surface area contributed by atoms with Gasteiger partial charge in [-0.3, -0.25) is 14.5 Å². The van der Waals surface area contributed by atoms with Gasteiger partial charge in [-0.05, 0) is 18.2 Å². The Morgan fingerprint density at radius 1 is 1.40 bits per heavy atom. The number of esters is 1. The van der Waals surface area contributed by atoms with E-state index >= 15 is 0 Å². The summed E-state index contributed by atoms with van der Waals surface area (Å²) in [6.45, 7) is 0.175. The van der Waals surface area contributed by atoms with Gasteiger partial charge in [0.1, 0.15) is 4.32 Å². The van der Waals surface area contributed by atoms with Gasteiger partial charge in [-0.1, -0.05) is 24.0 Å². The molecule has 2 heterocycles. The lowest BCUT2D eigenvalue weighted by Gasteiger charge is -2.15. The van der Waals surface area contributed by atoms with E-state index in [1.54, 1.807) is 23.7 Å². The van der Waals surface area contributed by atoms with E-state index in [9.17, 15) is 14.4 Å². The number of aromatic nitrogens is 1. The lowest BCUT2D eigenvalue weighted by atomic mass is 10.2. The van der Waals surface area contributed by atoms with Crippen LogP contribution in [0.3, 0.4) is 0 Å². The molecule has 0 unspecified atom stereocenters. The molecule has 1 aromatic carbocycles.